The summed E-state index contributed by atoms with van der Waals surface area (Å²) in [7, 11) is 0. The predicted octanol–water partition coefficient (Wildman–Crippen LogP) is 4.42. The highest BCUT2D eigenvalue weighted by molar-refractivity contribution is 6.31. The number of carbonyl (C=O) groups excluding carboxylic acids is 1. The summed E-state index contributed by atoms with van der Waals surface area (Å²) < 4.78 is 0. The van der Waals surface area contributed by atoms with Crippen LogP contribution in [0.3, 0.4) is 0 Å². The molecule has 102 valence electrons. The second-order valence-corrected chi connectivity index (χ2v) is 5.75. The Bertz CT molecular complexity index is 662. The smallest absolute Gasteiger partial charge is 0.195 e. The van der Waals surface area contributed by atoms with Gasteiger partial charge in [-0.1, -0.05) is 36.2 Å². The first-order valence-corrected chi connectivity index (χ1v) is 7.22. The van der Waals surface area contributed by atoms with Crippen molar-refractivity contribution in [3.05, 3.63) is 64.2 Å². The lowest BCUT2D eigenvalue weighted by Crippen LogP contribution is -2.10. The molecule has 0 heterocycles. The summed E-state index contributed by atoms with van der Waals surface area (Å²) in [5.74, 6) is 0.575. The van der Waals surface area contributed by atoms with Crippen LogP contribution in [0.15, 0.2) is 42.5 Å². The Hall–Kier alpha value is -1.80. The molecule has 2 aromatic carbocycles. The maximum absolute atomic E-state index is 12.5. The van der Waals surface area contributed by atoms with Crippen molar-refractivity contribution in [1.29, 1.82) is 0 Å². The lowest BCUT2D eigenvalue weighted by Gasteiger charge is -2.26. The van der Waals surface area contributed by atoms with E-state index in [9.17, 15) is 4.79 Å². The summed E-state index contributed by atoms with van der Waals surface area (Å²) in [4.78, 5) is 12.5. The van der Waals surface area contributed by atoms with Crippen molar-refractivity contribution in [2.45, 2.75) is 25.2 Å². The van der Waals surface area contributed by atoms with E-state index in [2.05, 4.69) is 6.07 Å². The Kier molecular flexibility index (Phi) is 3.49. The van der Waals surface area contributed by atoms with Gasteiger partial charge in [-0.3, -0.25) is 4.79 Å². The van der Waals surface area contributed by atoms with Crippen LogP contribution in [-0.2, 0) is 0 Å². The molecule has 0 atom stereocenters. The minimum absolute atomic E-state index is 0.0414. The third-order valence-electron chi connectivity index (χ3n) is 3.98. The highest BCUT2D eigenvalue weighted by Gasteiger charge is 2.21. The standard InChI is InChI=1S/C17H16ClNO/c18-14-7-8-15(16(19)10-14)17(20)13-6-2-5-12(9-13)11-3-1-4-11/h2,5-11H,1,3-4,19H2. The van der Waals surface area contributed by atoms with E-state index in [0.717, 1.165) is 0 Å². The first-order chi connectivity index (χ1) is 9.65. The van der Waals surface area contributed by atoms with Gasteiger partial charge < -0.3 is 5.73 Å². The largest absolute Gasteiger partial charge is 0.398 e. The van der Waals surface area contributed by atoms with Crippen molar-refractivity contribution in [3.63, 3.8) is 0 Å². The van der Waals surface area contributed by atoms with Crippen molar-refractivity contribution in [3.8, 4) is 0 Å². The molecule has 1 saturated carbocycles. The second kappa shape index (κ2) is 5.29. The normalized spacial score (nSPS) is 14.8. The van der Waals surface area contributed by atoms with Gasteiger partial charge in [0.2, 0.25) is 0 Å². The van der Waals surface area contributed by atoms with E-state index in [1.807, 2.05) is 18.2 Å². The molecule has 20 heavy (non-hydrogen) atoms. The average molecular weight is 286 g/mol. The molecule has 1 fully saturated rings. The molecule has 0 aliphatic heterocycles. The van der Waals surface area contributed by atoms with Crippen LogP contribution >= 0.6 is 11.6 Å². The number of rotatable bonds is 3. The summed E-state index contributed by atoms with van der Waals surface area (Å²) in [6.45, 7) is 0. The van der Waals surface area contributed by atoms with E-state index in [0.29, 0.717) is 27.8 Å². The van der Waals surface area contributed by atoms with Gasteiger partial charge in [0.1, 0.15) is 0 Å². The van der Waals surface area contributed by atoms with Crippen LogP contribution in [0.25, 0.3) is 0 Å². The van der Waals surface area contributed by atoms with E-state index < -0.39 is 0 Å². The molecule has 3 rings (SSSR count). The zero-order chi connectivity index (χ0) is 14.1. The van der Waals surface area contributed by atoms with Crippen LogP contribution in [0.4, 0.5) is 5.69 Å². The summed E-state index contributed by atoms with van der Waals surface area (Å²) in [5, 5.41) is 0.544. The third-order valence-corrected chi connectivity index (χ3v) is 4.22. The van der Waals surface area contributed by atoms with Crippen LogP contribution in [0.1, 0.15) is 46.7 Å². The van der Waals surface area contributed by atoms with Gasteiger partial charge in [0.25, 0.3) is 0 Å². The second-order valence-electron chi connectivity index (χ2n) is 5.31. The highest BCUT2D eigenvalue weighted by atomic mass is 35.5. The monoisotopic (exact) mass is 285 g/mol. The van der Waals surface area contributed by atoms with Crippen molar-refractivity contribution >= 4 is 23.1 Å². The molecule has 0 unspecified atom stereocenters. The van der Waals surface area contributed by atoms with Gasteiger partial charge in [-0.05, 0) is 48.6 Å². The SMILES string of the molecule is Nc1cc(Cl)ccc1C(=O)c1cccc(C2CCC2)c1. The van der Waals surface area contributed by atoms with E-state index in [-0.39, 0.29) is 5.78 Å². The number of hydrogen-bond donors (Lipinski definition) is 1. The van der Waals surface area contributed by atoms with Crippen molar-refractivity contribution < 1.29 is 4.79 Å². The quantitative estimate of drug-likeness (QED) is 0.670. The molecule has 0 amide bonds. The predicted molar refractivity (Wildman–Crippen MR) is 82.3 cm³/mol. The molecular formula is C17H16ClNO. The van der Waals surface area contributed by atoms with Gasteiger partial charge in [0, 0.05) is 21.8 Å². The molecule has 1 aliphatic carbocycles. The zero-order valence-electron chi connectivity index (χ0n) is 11.1. The van der Waals surface area contributed by atoms with Gasteiger partial charge in [-0.25, -0.2) is 0 Å². The molecule has 3 heteroatoms. The van der Waals surface area contributed by atoms with Crippen molar-refractivity contribution in [1.82, 2.24) is 0 Å². The van der Waals surface area contributed by atoms with Crippen LogP contribution in [0, 0.1) is 0 Å². The van der Waals surface area contributed by atoms with Crippen LogP contribution < -0.4 is 5.73 Å². The average Bonchev–Trinajstić information content (AvgIpc) is 2.36. The fourth-order valence-corrected chi connectivity index (χ4v) is 2.75. The Morgan fingerprint density at radius 3 is 2.60 bits per heavy atom. The third kappa shape index (κ3) is 2.44. The fraction of sp³-hybridized carbons (Fsp3) is 0.235. The van der Waals surface area contributed by atoms with E-state index >= 15 is 0 Å². The Labute approximate surface area is 123 Å². The number of nitrogen functional groups attached to an aromatic ring is 1. The van der Waals surface area contributed by atoms with Gasteiger partial charge in [-0.15, -0.1) is 0 Å². The number of anilines is 1. The number of halogens is 1. The first-order valence-electron chi connectivity index (χ1n) is 6.85. The Morgan fingerprint density at radius 1 is 1.15 bits per heavy atom. The zero-order valence-corrected chi connectivity index (χ0v) is 11.9. The minimum Gasteiger partial charge on any atom is -0.398 e. The topological polar surface area (TPSA) is 43.1 Å². The molecule has 2 aromatic rings. The molecule has 2 N–H and O–H groups in total. The minimum atomic E-state index is -0.0414. The Balaban J connectivity index is 1.93. The molecule has 2 nitrogen and oxygen atoms in total. The lowest BCUT2D eigenvalue weighted by atomic mass is 9.79. The maximum Gasteiger partial charge on any atom is 0.195 e. The van der Waals surface area contributed by atoms with E-state index in [4.69, 9.17) is 17.3 Å². The molecule has 0 bridgehead atoms. The molecular weight excluding hydrogens is 270 g/mol. The summed E-state index contributed by atoms with van der Waals surface area (Å²) in [5.41, 5.74) is 8.79. The van der Waals surface area contributed by atoms with Crippen LogP contribution in [-0.4, -0.2) is 5.78 Å². The van der Waals surface area contributed by atoms with Crippen molar-refractivity contribution in [2.24, 2.45) is 0 Å². The first kappa shape index (κ1) is 13.2. The number of nitrogens with two attached hydrogens (primary N) is 1. The van der Waals surface area contributed by atoms with Crippen LogP contribution in [0.5, 0.6) is 0 Å². The van der Waals surface area contributed by atoms with E-state index in [1.165, 1.54) is 24.8 Å². The molecule has 0 aromatic heterocycles. The lowest BCUT2D eigenvalue weighted by molar-refractivity contribution is 0.103. The number of carbonyl (C=O) groups is 1. The highest BCUT2D eigenvalue weighted by Crippen LogP contribution is 2.36. The van der Waals surface area contributed by atoms with Crippen LogP contribution in [0.2, 0.25) is 5.02 Å². The number of hydrogen-bond acceptors (Lipinski definition) is 2. The molecule has 0 radical (unpaired) electrons. The Morgan fingerprint density at radius 2 is 1.95 bits per heavy atom. The summed E-state index contributed by atoms with van der Waals surface area (Å²) in [6, 6.07) is 12.9. The summed E-state index contributed by atoms with van der Waals surface area (Å²) >= 11 is 5.87. The molecule has 1 aliphatic rings. The number of ketones is 1. The van der Waals surface area contributed by atoms with E-state index in [1.54, 1.807) is 18.2 Å². The number of benzene rings is 2. The van der Waals surface area contributed by atoms with Gasteiger partial charge >= 0.3 is 0 Å². The maximum atomic E-state index is 12.5. The van der Waals surface area contributed by atoms with Gasteiger partial charge in [0.15, 0.2) is 5.78 Å². The fourth-order valence-electron chi connectivity index (χ4n) is 2.57. The van der Waals surface area contributed by atoms with Crippen molar-refractivity contribution in [2.75, 3.05) is 5.73 Å². The van der Waals surface area contributed by atoms with Gasteiger partial charge in [-0.2, -0.15) is 0 Å². The molecule has 0 saturated heterocycles. The molecule has 0 spiro atoms. The van der Waals surface area contributed by atoms with Gasteiger partial charge in [0.05, 0.1) is 0 Å². The summed E-state index contributed by atoms with van der Waals surface area (Å²) in [6.07, 6.45) is 3.73.